The number of carbonyl (C=O) groups excluding carboxylic acids is 1. The first-order valence-electron chi connectivity index (χ1n) is 8.99. The third-order valence-corrected chi connectivity index (χ3v) is 4.55. The van der Waals surface area contributed by atoms with Crippen molar-refractivity contribution in [2.75, 3.05) is 11.9 Å². The van der Waals surface area contributed by atoms with Gasteiger partial charge in [-0.2, -0.15) is 0 Å². The molecule has 6 nitrogen and oxygen atoms in total. The van der Waals surface area contributed by atoms with E-state index in [9.17, 15) is 13.6 Å². The standard InChI is InChI=1S/C20H18F2N4O2/c21-15-5-4-12(10-16(15)22)14-9-13-11-23-7-6-17(13)24-19(14)26-20(27)25-18-3-1-2-8-28-18/h4-7,9-11,18H,1-3,8H2,(H2,24,25,26,27). The first-order valence-corrected chi connectivity index (χ1v) is 8.99. The molecule has 8 heteroatoms. The van der Waals surface area contributed by atoms with Crippen LogP contribution in [0.5, 0.6) is 0 Å². The number of nitrogens with zero attached hydrogens (tertiary/aromatic N) is 2. The predicted octanol–water partition coefficient (Wildman–Crippen LogP) is 4.22. The molecule has 1 aromatic carbocycles. The Morgan fingerprint density at radius 3 is 2.82 bits per heavy atom. The molecule has 4 rings (SSSR count). The van der Waals surface area contributed by atoms with Crippen LogP contribution in [0.3, 0.4) is 0 Å². The van der Waals surface area contributed by atoms with Crippen LogP contribution >= 0.6 is 0 Å². The lowest BCUT2D eigenvalue weighted by Crippen LogP contribution is -2.41. The zero-order valence-corrected chi connectivity index (χ0v) is 14.9. The van der Waals surface area contributed by atoms with E-state index in [1.54, 1.807) is 24.5 Å². The first-order chi connectivity index (χ1) is 13.6. The Labute approximate surface area is 159 Å². The van der Waals surface area contributed by atoms with Crippen LogP contribution < -0.4 is 10.6 Å². The summed E-state index contributed by atoms with van der Waals surface area (Å²) >= 11 is 0. The van der Waals surface area contributed by atoms with Gasteiger partial charge in [0.1, 0.15) is 12.0 Å². The number of ether oxygens (including phenoxy) is 1. The van der Waals surface area contributed by atoms with E-state index in [0.717, 1.165) is 31.4 Å². The van der Waals surface area contributed by atoms with Gasteiger partial charge in [-0.1, -0.05) is 6.07 Å². The summed E-state index contributed by atoms with van der Waals surface area (Å²) in [5, 5.41) is 6.17. The van der Waals surface area contributed by atoms with Crippen molar-refractivity contribution in [3.63, 3.8) is 0 Å². The van der Waals surface area contributed by atoms with Crippen molar-refractivity contribution in [2.45, 2.75) is 25.5 Å². The fourth-order valence-electron chi connectivity index (χ4n) is 3.14. The van der Waals surface area contributed by atoms with E-state index in [0.29, 0.717) is 28.6 Å². The van der Waals surface area contributed by atoms with Gasteiger partial charge in [-0.15, -0.1) is 0 Å². The lowest BCUT2D eigenvalue weighted by Gasteiger charge is -2.23. The van der Waals surface area contributed by atoms with Gasteiger partial charge in [-0.25, -0.2) is 18.6 Å². The summed E-state index contributed by atoms with van der Waals surface area (Å²) in [5.74, 6) is -1.69. The molecule has 2 aromatic heterocycles. The van der Waals surface area contributed by atoms with E-state index in [2.05, 4.69) is 20.6 Å². The van der Waals surface area contributed by atoms with E-state index in [4.69, 9.17) is 4.74 Å². The highest BCUT2D eigenvalue weighted by Crippen LogP contribution is 2.31. The average Bonchev–Trinajstić information content (AvgIpc) is 2.70. The van der Waals surface area contributed by atoms with Crippen LogP contribution in [0.1, 0.15) is 19.3 Å². The summed E-state index contributed by atoms with van der Waals surface area (Å²) in [6.45, 7) is 0.603. The molecule has 3 aromatic rings. The van der Waals surface area contributed by atoms with Gasteiger partial charge in [0.25, 0.3) is 0 Å². The van der Waals surface area contributed by atoms with Crippen LogP contribution in [-0.4, -0.2) is 28.8 Å². The van der Waals surface area contributed by atoms with Crippen LogP contribution in [0, 0.1) is 11.6 Å². The first kappa shape index (κ1) is 18.2. The highest BCUT2D eigenvalue weighted by molar-refractivity contribution is 5.96. The number of halogens is 2. The van der Waals surface area contributed by atoms with Crippen LogP contribution in [0.15, 0.2) is 42.7 Å². The van der Waals surface area contributed by atoms with Crippen molar-refractivity contribution in [1.29, 1.82) is 0 Å². The number of carbonyl (C=O) groups is 1. The number of rotatable bonds is 3. The van der Waals surface area contributed by atoms with Crippen molar-refractivity contribution in [3.8, 4) is 11.1 Å². The molecule has 3 heterocycles. The number of hydrogen-bond donors (Lipinski definition) is 2. The van der Waals surface area contributed by atoms with Crippen molar-refractivity contribution >= 4 is 22.8 Å². The Balaban J connectivity index is 1.68. The quantitative estimate of drug-likeness (QED) is 0.709. The molecule has 1 atom stereocenters. The molecule has 0 radical (unpaired) electrons. The second-order valence-electron chi connectivity index (χ2n) is 6.54. The molecule has 1 aliphatic heterocycles. The van der Waals surface area contributed by atoms with E-state index in [1.807, 2.05) is 0 Å². The SMILES string of the molecule is O=C(Nc1nc2ccncc2cc1-c1ccc(F)c(F)c1)NC1CCCCO1. The largest absolute Gasteiger partial charge is 0.358 e. The van der Waals surface area contributed by atoms with Gasteiger partial charge in [0.15, 0.2) is 11.6 Å². The number of pyridine rings is 2. The monoisotopic (exact) mass is 384 g/mol. The number of amides is 2. The third-order valence-electron chi connectivity index (χ3n) is 4.55. The van der Waals surface area contributed by atoms with E-state index in [-0.39, 0.29) is 12.0 Å². The lowest BCUT2D eigenvalue weighted by atomic mass is 10.0. The number of nitrogens with one attached hydrogen (secondary N) is 2. The fraction of sp³-hybridized carbons (Fsp3) is 0.250. The minimum Gasteiger partial charge on any atom is -0.358 e. The summed E-state index contributed by atoms with van der Waals surface area (Å²) in [6, 6.07) is 6.51. The Hall–Kier alpha value is -3.13. The van der Waals surface area contributed by atoms with E-state index >= 15 is 0 Å². The topological polar surface area (TPSA) is 76.1 Å². The van der Waals surface area contributed by atoms with Crippen molar-refractivity contribution < 1.29 is 18.3 Å². The maximum Gasteiger partial charge on any atom is 0.322 e. The number of fused-ring (bicyclic) bond motifs is 1. The maximum absolute atomic E-state index is 13.8. The van der Waals surface area contributed by atoms with Gasteiger partial charge < -0.3 is 10.1 Å². The minimum atomic E-state index is -0.977. The Morgan fingerprint density at radius 1 is 1.14 bits per heavy atom. The van der Waals surface area contributed by atoms with Crippen LogP contribution in [-0.2, 0) is 4.74 Å². The number of hydrogen-bond acceptors (Lipinski definition) is 4. The Morgan fingerprint density at radius 2 is 2.04 bits per heavy atom. The molecule has 2 N–H and O–H groups in total. The van der Waals surface area contributed by atoms with Crippen LogP contribution in [0.2, 0.25) is 0 Å². The summed E-state index contributed by atoms with van der Waals surface area (Å²) in [7, 11) is 0. The molecule has 1 unspecified atom stereocenters. The molecule has 1 fully saturated rings. The second-order valence-corrected chi connectivity index (χ2v) is 6.54. The zero-order chi connectivity index (χ0) is 19.5. The van der Waals surface area contributed by atoms with Gasteiger partial charge in [-0.3, -0.25) is 10.3 Å². The molecule has 1 aliphatic rings. The number of anilines is 1. The van der Waals surface area contributed by atoms with E-state index < -0.39 is 17.7 Å². The maximum atomic E-state index is 13.8. The number of urea groups is 1. The summed E-state index contributed by atoms with van der Waals surface area (Å²) in [5.41, 5.74) is 1.46. The van der Waals surface area contributed by atoms with Gasteiger partial charge in [-0.05, 0) is 49.1 Å². The molecular weight excluding hydrogens is 366 g/mol. The van der Waals surface area contributed by atoms with Gasteiger partial charge >= 0.3 is 6.03 Å². The molecule has 0 aliphatic carbocycles. The number of benzene rings is 1. The highest BCUT2D eigenvalue weighted by Gasteiger charge is 2.18. The van der Waals surface area contributed by atoms with E-state index in [1.165, 1.54) is 6.07 Å². The Kier molecular flexibility index (Phi) is 5.12. The molecule has 28 heavy (non-hydrogen) atoms. The van der Waals surface area contributed by atoms with Gasteiger partial charge in [0, 0.05) is 30.0 Å². The molecule has 2 amide bonds. The van der Waals surface area contributed by atoms with Crippen molar-refractivity contribution in [3.05, 3.63) is 54.4 Å². The van der Waals surface area contributed by atoms with Crippen molar-refractivity contribution in [1.82, 2.24) is 15.3 Å². The summed E-state index contributed by atoms with van der Waals surface area (Å²) < 4.78 is 32.6. The minimum absolute atomic E-state index is 0.234. The molecule has 0 saturated carbocycles. The zero-order valence-electron chi connectivity index (χ0n) is 14.9. The summed E-state index contributed by atoms with van der Waals surface area (Å²) in [6.07, 6.45) is 5.54. The molecular formula is C20H18F2N4O2. The van der Waals surface area contributed by atoms with Gasteiger partial charge in [0.05, 0.1) is 5.52 Å². The van der Waals surface area contributed by atoms with Crippen LogP contribution in [0.25, 0.3) is 22.0 Å². The van der Waals surface area contributed by atoms with Crippen molar-refractivity contribution in [2.24, 2.45) is 0 Å². The summed E-state index contributed by atoms with van der Waals surface area (Å²) in [4.78, 5) is 21.0. The number of aromatic nitrogens is 2. The molecule has 144 valence electrons. The molecule has 0 bridgehead atoms. The molecule has 1 saturated heterocycles. The predicted molar refractivity (Wildman–Crippen MR) is 101 cm³/mol. The fourth-order valence-corrected chi connectivity index (χ4v) is 3.14. The average molecular weight is 384 g/mol. The smallest absolute Gasteiger partial charge is 0.322 e. The lowest BCUT2D eigenvalue weighted by molar-refractivity contribution is 0.00342. The normalized spacial score (nSPS) is 16.7. The van der Waals surface area contributed by atoms with Crippen LogP contribution in [0.4, 0.5) is 19.4 Å². The second kappa shape index (κ2) is 7.85. The molecule has 0 spiro atoms. The van der Waals surface area contributed by atoms with Gasteiger partial charge in [0.2, 0.25) is 0 Å². The third kappa shape index (κ3) is 3.91. The Bertz CT molecular complexity index is 1020. The highest BCUT2D eigenvalue weighted by atomic mass is 19.2.